The van der Waals surface area contributed by atoms with Crippen LogP contribution in [0.2, 0.25) is 0 Å². The van der Waals surface area contributed by atoms with E-state index in [1.807, 2.05) is 25.3 Å². The van der Waals surface area contributed by atoms with Gasteiger partial charge in [-0.1, -0.05) is 43.1 Å². The quantitative estimate of drug-likeness (QED) is 0.262. The van der Waals surface area contributed by atoms with E-state index in [0.29, 0.717) is 22.7 Å². The number of ketones is 1. The van der Waals surface area contributed by atoms with Crippen molar-refractivity contribution in [3.05, 3.63) is 79.1 Å². The number of amides is 2. The number of carboxylic acids is 1. The van der Waals surface area contributed by atoms with E-state index in [1.165, 1.54) is 17.4 Å². The molecule has 0 bridgehead atoms. The highest BCUT2D eigenvalue weighted by molar-refractivity contribution is 7.92. The highest BCUT2D eigenvalue weighted by Gasteiger charge is 2.61. The number of benzene rings is 1. The number of hydrogen-bond donors (Lipinski definition) is 2. The molecule has 1 aromatic carbocycles. The number of fused-ring (bicyclic) bond motifs is 3. The first kappa shape index (κ1) is 29.6. The van der Waals surface area contributed by atoms with Gasteiger partial charge < -0.3 is 19.7 Å². The maximum atomic E-state index is 13.2. The van der Waals surface area contributed by atoms with Gasteiger partial charge in [0.2, 0.25) is 17.1 Å². The molecule has 2 N–H and O–H groups in total. The predicted octanol–water partition coefficient (Wildman–Crippen LogP) is 3.69. The molecule has 222 valence electrons. The Morgan fingerprint density at radius 2 is 2.05 bits per heavy atom. The molecule has 14 heteroatoms. The number of nitrogens with one attached hydrogen (secondary N) is 1. The number of allylic oxidation sites excluding steroid dienone is 4. The smallest absolute Gasteiger partial charge is 0.353 e. The van der Waals surface area contributed by atoms with Crippen LogP contribution in [0.1, 0.15) is 24.3 Å². The molecule has 3 atom stereocenters. The van der Waals surface area contributed by atoms with Gasteiger partial charge in [0.15, 0.2) is 6.04 Å². The van der Waals surface area contributed by atoms with Crippen molar-refractivity contribution < 1.29 is 33.6 Å². The van der Waals surface area contributed by atoms with Crippen molar-refractivity contribution in [3.8, 4) is 5.75 Å². The predicted molar refractivity (Wildman–Crippen MR) is 162 cm³/mol. The fourth-order valence-corrected chi connectivity index (χ4v) is 8.72. The summed E-state index contributed by atoms with van der Waals surface area (Å²) in [6.45, 7) is 3.54. The molecule has 0 spiro atoms. The third-order valence-electron chi connectivity index (χ3n) is 7.71. The zero-order valence-electron chi connectivity index (χ0n) is 22.7. The van der Waals surface area contributed by atoms with Crippen LogP contribution in [-0.2, 0) is 42.2 Å². The lowest BCUT2D eigenvalue weighted by Gasteiger charge is -2.48. The number of ether oxygens (including phenoxy) is 1. The minimum Gasteiger partial charge on any atom is -0.614 e. The maximum absolute atomic E-state index is 13.2. The van der Waals surface area contributed by atoms with Crippen molar-refractivity contribution in [1.29, 1.82) is 0 Å². The molecule has 0 radical (unpaired) electrons. The Balaban J connectivity index is 1.22. The van der Waals surface area contributed by atoms with E-state index in [9.17, 15) is 28.8 Å². The van der Waals surface area contributed by atoms with E-state index in [-0.39, 0.29) is 40.1 Å². The number of thiophene rings is 1. The average Bonchev–Trinajstić information content (AvgIpc) is 3.46. The summed E-state index contributed by atoms with van der Waals surface area (Å²) in [5.74, 6) is -2.67. The standard InChI is InChI=1S/C29H23Cl2N3O7S2/c1-29(2)16-8-14(5-6-18(16)32-19-10-17(30)25(36)22(31)21(19)29)41-11-13-12-43(40)27-23(26(37)34(27)24(13)28(38)39)33-20(35)9-15-4-3-7-42-15/h3-8,10,23,27H,9,11-12H2,1-2H3,(H,33,35)(H,38,39). The number of Topliss-reactive ketones (excluding diaryl/α,β-unsaturated/α-hetero) is 1. The Labute approximate surface area is 262 Å². The summed E-state index contributed by atoms with van der Waals surface area (Å²) in [6.07, 6.45) is 1.56. The van der Waals surface area contributed by atoms with E-state index in [2.05, 4.69) is 10.3 Å². The largest absolute Gasteiger partial charge is 0.614 e. The minimum absolute atomic E-state index is 0.0102. The molecule has 10 nitrogen and oxygen atoms in total. The summed E-state index contributed by atoms with van der Waals surface area (Å²) in [4.78, 5) is 56.6. The highest BCUT2D eigenvalue weighted by Crippen LogP contribution is 2.48. The summed E-state index contributed by atoms with van der Waals surface area (Å²) >= 11 is 12.2. The fourth-order valence-electron chi connectivity index (χ4n) is 5.67. The Hall–Kier alpha value is -3.42. The van der Waals surface area contributed by atoms with Gasteiger partial charge in [0.1, 0.15) is 23.8 Å². The number of carbonyl (C=O) groups is 4. The zero-order chi connectivity index (χ0) is 30.8. The lowest BCUT2D eigenvalue weighted by atomic mass is 9.71. The van der Waals surface area contributed by atoms with Crippen LogP contribution in [0.5, 0.6) is 5.75 Å². The Morgan fingerprint density at radius 1 is 1.28 bits per heavy atom. The third-order valence-corrected chi connectivity index (χ3v) is 10.9. The molecule has 2 amide bonds. The average molecular weight is 661 g/mol. The SMILES string of the molecule is CC1(C)C2=C(Cl)C(=O)C(Cl)=CC2=Nc2ccc(OCC3=C(C(=O)O)N4C(=O)C(NC(=O)Cc5cccs5)C4[S+]([O-])C3)cc21. The molecule has 0 saturated carbocycles. The molecule has 4 aliphatic rings. The van der Waals surface area contributed by atoms with Gasteiger partial charge >= 0.3 is 5.97 Å². The van der Waals surface area contributed by atoms with Crippen molar-refractivity contribution in [2.75, 3.05) is 12.4 Å². The van der Waals surface area contributed by atoms with Gasteiger partial charge in [-0.2, -0.15) is 0 Å². The summed E-state index contributed by atoms with van der Waals surface area (Å²) in [6, 6.07) is 7.64. The monoisotopic (exact) mass is 659 g/mol. The molecule has 3 unspecified atom stereocenters. The number of aliphatic carboxylic acids is 1. The molecule has 1 saturated heterocycles. The molecule has 3 aliphatic heterocycles. The van der Waals surface area contributed by atoms with E-state index in [1.54, 1.807) is 24.3 Å². The van der Waals surface area contributed by atoms with Crippen LogP contribution in [-0.4, -0.2) is 67.6 Å². The lowest BCUT2D eigenvalue weighted by molar-refractivity contribution is -0.151. The second kappa shape index (κ2) is 10.9. The Kier molecular flexibility index (Phi) is 7.54. The van der Waals surface area contributed by atoms with E-state index < -0.39 is 51.6 Å². The first-order chi connectivity index (χ1) is 20.4. The van der Waals surface area contributed by atoms with Gasteiger partial charge in [0, 0.05) is 21.4 Å². The summed E-state index contributed by atoms with van der Waals surface area (Å²) in [5.41, 5.74) is 1.51. The molecule has 1 aromatic heterocycles. The van der Waals surface area contributed by atoms with Crippen LogP contribution in [0.15, 0.2) is 73.7 Å². The van der Waals surface area contributed by atoms with Crippen molar-refractivity contribution in [2.45, 2.75) is 37.1 Å². The normalized spacial score (nSPS) is 23.9. The van der Waals surface area contributed by atoms with Crippen LogP contribution in [0.4, 0.5) is 5.69 Å². The van der Waals surface area contributed by atoms with Gasteiger partial charge in [0.25, 0.3) is 5.91 Å². The maximum Gasteiger partial charge on any atom is 0.353 e. The molecule has 4 heterocycles. The van der Waals surface area contributed by atoms with Crippen LogP contribution in [0, 0.1) is 0 Å². The molecule has 1 fully saturated rings. The number of aliphatic imine (C=N–C) groups is 1. The van der Waals surface area contributed by atoms with Crippen molar-refractivity contribution in [1.82, 2.24) is 10.2 Å². The fraction of sp³-hybridized carbons (Fsp3) is 0.276. The summed E-state index contributed by atoms with van der Waals surface area (Å²) in [5, 5.41) is 13.4. The Bertz CT molecular complexity index is 1730. The van der Waals surface area contributed by atoms with Gasteiger partial charge in [0.05, 0.1) is 27.9 Å². The van der Waals surface area contributed by atoms with E-state index in [0.717, 1.165) is 15.3 Å². The number of β-lactam (4-membered cyclic amide) rings is 1. The first-order valence-corrected chi connectivity index (χ1v) is 16.1. The molecule has 43 heavy (non-hydrogen) atoms. The minimum atomic E-state index is -1.68. The van der Waals surface area contributed by atoms with Crippen LogP contribution in [0.25, 0.3) is 0 Å². The molecular weight excluding hydrogens is 637 g/mol. The van der Waals surface area contributed by atoms with Crippen LogP contribution < -0.4 is 10.1 Å². The molecular formula is C29H23Cl2N3O7S2. The van der Waals surface area contributed by atoms with Crippen molar-refractivity contribution in [3.63, 3.8) is 0 Å². The number of rotatable bonds is 7. The van der Waals surface area contributed by atoms with Gasteiger partial charge in [-0.25, -0.2) is 9.79 Å². The summed E-state index contributed by atoms with van der Waals surface area (Å²) in [7, 11) is 0. The summed E-state index contributed by atoms with van der Waals surface area (Å²) < 4.78 is 19.2. The van der Waals surface area contributed by atoms with Crippen molar-refractivity contribution in [2.24, 2.45) is 4.99 Å². The van der Waals surface area contributed by atoms with Gasteiger partial charge in [-0.05, 0) is 52.5 Å². The third kappa shape index (κ3) is 5.00. The number of halogens is 2. The number of carbonyl (C=O) groups excluding carboxylic acids is 3. The number of hydrogen-bond acceptors (Lipinski definition) is 8. The number of nitrogens with zero attached hydrogens (tertiary/aromatic N) is 2. The second-order valence-corrected chi connectivity index (χ2v) is 14.1. The van der Waals surface area contributed by atoms with Gasteiger partial charge in [-0.3, -0.25) is 19.3 Å². The molecule has 2 aromatic rings. The van der Waals surface area contributed by atoms with E-state index in [4.69, 9.17) is 27.9 Å². The first-order valence-electron chi connectivity index (χ1n) is 13.0. The molecule has 1 aliphatic carbocycles. The van der Waals surface area contributed by atoms with Crippen LogP contribution in [0.3, 0.4) is 0 Å². The zero-order valence-corrected chi connectivity index (χ0v) is 25.8. The Morgan fingerprint density at radius 3 is 2.74 bits per heavy atom. The topological polar surface area (TPSA) is 148 Å². The van der Waals surface area contributed by atoms with E-state index >= 15 is 0 Å². The molecule has 6 rings (SSSR count). The number of carboxylic acid groups (broad SMARTS) is 1. The van der Waals surface area contributed by atoms with Crippen LogP contribution >= 0.6 is 34.5 Å². The van der Waals surface area contributed by atoms with Gasteiger partial charge in [-0.15, -0.1) is 11.3 Å². The van der Waals surface area contributed by atoms with Crippen molar-refractivity contribution >= 4 is 80.7 Å². The second-order valence-electron chi connectivity index (χ2n) is 10.8. The highest BCUT2D eigenvalue weighted by atomic mass is 35.5. The lowest BCUT2D eigenvalue weighted by Crippen LogP contribution is -2.75.